The number of aliphatic hydroxyl groups excluding tert-OH is 1. The van der Waals surface area contributed by atoms with Crippen LogP contribution in [0.5, 0.6) is 0 Å². The van der Waals surface area contributed by atoms with Crippen molar-refractivity contribution in [1.29, 1.82) is 0 Å². The molecule has 0 aliphatic heterocycles. The van der Waals surface area contributed by atoms with Crippen molar-refractivity contribution in [2.75, 3.05) is 11.9 Å². The summed E-state index contributed by atoms with van der Waals surface area (Å²) in [5.74, 6) is -0.853. The van der Waals surface area contributed by atoms with Crippen molar-refractivity contribution < 1.29 is 19.8 Å². The number of nitrogens with one attached hydrogen (secondary N) is 2. The highest BCUT2D eigenvalue weighted by Crippen LogP contribution is 2.40. The molecule has 1 aliphatic carbocycles. The SMILES string of the molecule is O=C(NCC(O)C(=O)O)Nc1nc(C2CC2)cs1. The Kier molecular flexibility index (Phi) is 3.78. The molecule has 2 amide bonds. The van der Waals surface area contributed by atoms with Crippen molar-refractivity contribution in [3.05, 3.63) is 11.1 Å². The number of aliphatic carboxylic acids is 1. The molecule has 1 heterocycles. The highest BCUT2D eigenvalue weighted by molar-refractivity contribution is 7.13. The molecule has 1 fully saturated rings. The van der Waals surface area contributed by atoms with Gasteiger partial charge in [-0.1, -0.05) is 0 Å². The predicted molar refractivity (Wildman–Crippen MR) is 64.8 cm³/mol. The molecule has 1 aliphatic rings. The molecule has 0 saturated heterocycles. The van der Waals surface area contributed by atoms with Crippen molar-refractivity contribution >= 4 is 28.5 Å². The number of aliphatic hydroxyl groups is 1. The number of hydrogen-bond donors (Lipinski definition) is 4. The third kappa shape index (κ3) is 3.41. The lowest BCUT2D eigenvalue weighted by Crippen LogP contribution is -2.38. The Bertz CT molecular complexity index is 458. The van der Waals surface area contributed by atoms with Crippen LogP contribution in [0.15, 0.2) is 5.38 Å². The van der Waals surface area contributed by atoms with Crippen LogP contribution in [0.2, 0.25) is 0 Å². The Balaban J connectivity index is 1.77. The molecule has 18 heavy (non-hydrogen) atoms. The van der Waals surface area contributed by atoms with E-state index >= 15 is 0 Å². The zero-order chi connectivity index (χ0) is 13.1. The standard InChI is InChI=1S/C10H13N3O4S/c14-7(8(15)16)3-11-9(17)13-10-12-6(4-18-10)5-1-2-5/h4-5,7,14H,1-3H2,(H,15,16)(H2,11,12,13,17). The molecule has 2 rings (SSSR count). The number of carboxylic acids is 1. The van der Waals surface area contributed by atoms with E-state index in [-0.39, 0.29) is 6.54 Å². The van der Waals surface area contributed by atoms with E-state index in [1.165, 1.54) is 11.3 Å². The molecule has 1 aromatic rings. The molecule has 1 aromatic heterocycles. The molecule has 1 saturated carbocycles. The van der Waals surface area contributed by atoms with Gasteiger partial charge in [0.25, 0.3) is 0 Å². The first-order valence-electron chi connectivity index (χ1n) is 5.47. The highest BCUT2D eigenvalue weighted by atomic mass is 32.1. The van der Waals surface area contributed by atoms with Crippen LogP contribution >= 0.6 is 11.3 Å². The predicted octanol–water partition coefficient (Wildman–Crippen LogP) is 0.587. The van der Waals surface area contributed by atoms with Crippen LogP contribution in [-0.2, 0) is 4.79 Å². The number of nitrogens with zero attached hydrogens (tertiary/aromatic N) is 1. The second-order valence-electron chi connectivity index (χ2n) is 4.04. The summed E-state index contributed by atoms with van der Waals surface area (Å²) in [6.45, 7) is -0.345. The van der Waals surface area contributed by atoms with Crippen LogP contribution in [0.4, 0.5) is 9.93 Å². The third-order valence-electron chi connectivity index (χ3n) is 2.48. The largest absolute Gasteiger partial charge is 0.479 e. The number of thiazole rings is 1. The molecule has 1 atom stereocenters. The van der Waals surface area contributed by atoms with Crippen LogP contribution in [-0.4, -0.2) is 39.8 Å². The lowest BCUT2D eigenvalue weighted by atomic mass is 10.3. The number of carbonyl (C=O) groups is 2. The second-order valence-corrected chi connectivity index (χ2v) is 4.90. The first-order chi connectivity index (χ1) is 8.56. The number of carboxylic acid groups (broad SMARTS) is 1. The summed E-state index contributed by atoms with van der Waals surface area (Å²) in [6, 6.07) is -0.577. The summed E-state index contributed by atoms with van der Waals surface area (Å²) in [7, 11) is 0. The van der Waals surface area contributed by atoms with Gasteiger partial charge < -0.3 is 15.5 Å². The van der Waals surface area contributed by atoms with E-state index < -0.39 is 18.1 Å². The summed E-state index contributed by atoms with van der Waals surface area (Å²) in [4.78, 5) is 25.9. The Morgan fingerprint density at radius 2 is 2.28 bits per heavy atom. The van der Waals surface area contributed by atoms with Gasteiger partial charge in [-0.25, -0.2) is 14.6 Å². The number of hydrogen-bond acceptors (Lipinski definition) is 5. The monoisotopic (exact) mass is 271 g/mol. The number of amides is 2. The van der Waals surface area contributed by atoms with Crippen molar-refractivity contribution in [2.45, 2.75) is 24.9 Å². The Morgan fingerprint density at radius 3 is 2.89 bits per heavy atom. The minimum absolute atomic E-state index is 0.345. The first-order valence-corrected chi connectivity index (χ1v) is 6.35. The van der Waals surface area contributed by atoms with E-state index in [0.717, 1.165) is 18.5 Å². The summed E-state index contributed by atoms with van der Waals surface area (Å²) < 4.78 is 0. The van der Waals surface area contributed by atoms with Crippen molar-refractivity contribution in [3.8, 4) is 0 Å². The fraction of sp³-hybridized carbons (Fsp3) is 0.500. The van der Waals surface area contributed by atoms with Crippen LogP contribution in [0.1, 0.15) is 24.5 Å². The van der Waals surface area contributed by atoms with Crippen LogP contribution in [0, 0.1) is 0 Å². The molecule has 0 radical (unpaired) electrons. The molecule has 0 spiro atoms. The van der Waals surface area contributed by atoms with E-state index in [0.29, 0.717) is 11.0 Å². The molecule has 4 N–H and O–H groups in total. The number of rotatable bonds is 5. The third-order valence-corrected chi connectivity index (χ3v) is 3.26. The Labute approximate surface area is 107 Å². The van der Waals surface area contributed by atoms with E-state index in [1.54, 1.807) is 0 Å². The minimum Gasteiger partial charge on any atom is -0.479 e. The van der Waals surface area contributed by atoms with Gasteiger partial charge in [0.05, 0.1) is 12.2 Å². The minimum atomic E-state index is -1.60. The lowest BCUT2D eigenvalue weighted by Gasteiger charge is -2.07. The van der Waals surface area contributed by atoms with E-state index in [1.807, 2.05) is 5.38 Å². The van der Waals surface area contributed by atoms with Gasteiger partial charge in [-0.15, -0.1) is 11.3 Å². The molecule has 0 aromatic carbocycles. The highest BCUT2D eigenvalue weighted by Gasteiger charge is 2.26. The smallest absolute Gasteiger partial charge is 0.334 e. The molecule has 7 nitrogen and oxygen atoms in total. The van der Waals surface area contributed by atoms with Gasteiger partial charge in [0.15, 0.2) is 11.2 Å². The molecule has 98 valence electrons. The van der Waals surface area contributed by atoms with E-state index in [9.17, 15) is 9.59 Å². The van der Waals surface area contributed by atoms with E-state index in [2.05, 4.69) is 15.6 Å². The maximum atomic E-state index is 11.4. The van der Waals surface area contributed by atoms with Gasteiger partial charge in [0.2, 0.25) is 0 Å². The first kappa shape index (κ1) is 12.8. The maximum absolute atomic E-state index is 11.4. The van der Waals surface area contributed by atoms with Crippen LogP contribution in [0.3, 0.4) is 0 Å². The zero-order valence-electron chi connectivity index (χ0n) is 9.42. The summed E-state index contributed by atoms with van der Waals surface area (Å²) in [5.41, 5.74) is 0.987. The summed E-state index contributed by atoms with van der Waals surface area (Å²) >= 11 is 1.32. The van der Waals surface area contributed by atoms with Crippen molar-refractivity contribution in [3.63, 3.8) is 0 Å². The molecule has 1 unspecified atom stereocenters. The van der Waals surface area contributed by atoms with Gasteiger partial charge >= 0.3 is 12.0 Å². The molecule has 0 bridgehead atoms. The van der Waals surface area contributed by atoms with Gasteiger partial charge in [-0.3, -0.25) is 5.32 Å². The number of carbonyl (C=O) groups excluding carboxylic acids is 1. The number of aromatic nitrogens is 1. The summed E-state index contributed by atoms with van der Waals surface area (Å²) in [6.07, 6.45) is 0.675. The summed E-state index contributed by atoms with van der Waals surface area (Å²) in [5, 5.41) is 24.5. The molecular weight excluding hydrogens is 258 g/mol. The quantitative estimate of drug-likeness (QED) is 0.626. The van der Waals surface area contributed by atoms with Crippen molar-refractivity contribution in [1.82, 2.24) is 10.3 Å². The number of urea groups is 1. The van der Waals surface area contributed by atoms with Gasteiger partial charge in [0.1, 0.15) is 0 Å². The topological polar surface area (TPSA) is 112 Å². The lowest BCUT2D eigenvalue weighted by molar-refractivity contribution is -0.146. The van der Waals surface area contributed by atoms with Crippen LogP contribution in [0.25, 0.3) is 0 Å². The fourth-order valence-electron chi connectivity index (χ4n) is 1.33. The van der Waals surface area contributed by atoms with Gasteiger partial charge in [-0.05, 0) is 12.8 Å². The molecular formula is C10H13N3O4S. The van der Waals surface area contributed by atoms with Gasteiger partial charge in [0, 0.05) is 11.3 Å². The van der Waals surface area contributed by atoms with Crippen molar-refractivity contribution in [2.24, 2.45) is 0 Å². The average Bonchev–Trinajstić information content (AvgIpc) is 3.07. The Hall–Kier alpha value is -1.67. The van der Waals surface area contributed by atoms with Crippen LogP contribution < -0.4 is 10.6 Å². The maximum Gasteiger partial charge on any atom is 0.334 e. The van der Waals surface area contributed by atoms with E-state index in [4.69, 9.17) is 10.2 Å². The Morgan fingerprint density at radius 1 is 1.56 bits per heavy atom. The fourth-order valence-corrected chi connectivity index (χ4v) is 2.12. The molecule has 8 heteroatoms. The average molecular weight is 271 g/mol. The second kappa shape index (κ2) is 5.32. The van der Waals surface area contributed by atoms with Gasteiger partial charge in [-0.2, -0.15) is 0 Å². The normalized spacial score (nSPS) is 16.1. The number of anilines is 1. The zero-order valence-corrected chi connectivity index (χ0v) is 10.2.